The Hall–Kier alpha value is -4.14. The lowest BCUT2D eigenvalue weighted by atomic mass is 9.85. The van der Waals surface area contributed by atoms with Crippen molar-refractivity contribution in [1.29, 1.82) is 0 Å². The smallest absolute Gasteiger partial charge is 0.288 e. The summed E-state index contributed by atoms with van der Waals surface area (Å²) in [7, 11) is 0. The summed E-state index contributed by atoms with van der Waals surface area (Å²) in [6.45, 7) is 1.69. The van der Waals surface area contributed by atoms with Crippen LogP contribution in [0.5, 0.6) is 0 Å². The minimum atomic E-state index is -0.663. The summed E-state index contributed by atoms with van der Waals surface area (Å²) < 4.78 is 12.3. The summed E-state index contributed by atoms with van der Waals surface area (Å²) in [5.74, 6) is 0.103. The van der Waals surface area contributed by atoms with Crippen molar-refractivity contribution < 1.29 is 24.2 Å². The second kappa shape index (κ2) is 11.8. The number of nitrogens with one attached hydrogen (secondary N) is 1. The molecule has 2 saturated heterocycles. The van der Waals surface area contributed by atoms with Gasteiger partial charge in [0.15, 0.2) is 5.76 Å². The van der Waals surface area contributed by atoms with Gasteiger partial charge in [0.05, 0.1) is 19.9 Å². The van der Waals surface area contributed by atoms with E-state index in [1.54, 1.807) is 4.90 Å². The van der Waals surface area contributed by atoms with Crippen LogP contribution in [0.3, 0.4) is 0 Å². The number of rotatable bonds is 7. The first-order chi connectivity index (χ1) is 20.1. The highest BCUT2D eigenvalue weighted by atomic mass is 16.7. The predicted molar refractivity (Wildman–Crippen MR) is 154 cm³/mol. The summed E-state index contributed by atoms with van der Waals surface area (Å²) in [4.78, 5) is 30.8. The Morgan fingerprint density at radius 3 is 2.29 bits per heavy atom. The molecule has 0 bridgehead atoms. The molecule has 8 heteroatoms. The number of benzene rings is 3. The zero-order valence-electron chi connectivity index (χ0n) is 22.9. The van der Waals surface area contributed by atoms with E-state index >= 15 is 0 Å². The monoisotopic (exact) mass is 553 g/mol. The molecule has 0 aliphatic carbocycles. The van der Waals surface area contributed by atoms with Gasteiger partial charge in [-0.15, -0.1) is 0 Å². The quantitative estimate of drug-likeness (QED) is 0.459. The fraction of sp³-hybridized carbons (Fsp3) is 0.333. The molecule has 0 aromatic heterocycles. The van der Waals surface area contributed by atoms with Crippen molar-refractivity contribution in [2.24, 2.45) is 0 Å². The molecule has 3 aromatic rings. The van der Waals surface area contributed by atoms with Crippen molar-refractivity contribution in [3.63, 3.8) is 0 Å². The van der Waals surface area contributed by atoms with Gasteiger partial charge in [-0.05, 0) is 47.7 Å². The molecule has 2 atom stereocenters. The first-order valence-electron chi connectivity index (χ1n) is 14.2. The van der Waals surface area contributed by atoms with E-state index in [0.717, 1.165) is 22.4 Å². The molecular weight excluding hydrogens is 518 g/mol. The average Bonchev–Trinajstić information content (AvgIpc) is 3.35. The largest absolute Gasteiger partial charge is 0.459 e. The predicted octanol–water partition coefficient (Wildman–Crippen LogP) is 4.06. The molecule has 3 aliphatic rings. The van der Waals surface area contributed by atoms with Crippen molar-refractivity contribution in [3.8, 4) is 0 Å². The van der Waals surface area contributed by atoms with E-state index < -0.39 is 11.8 Å². The van der Waals surface area contributed by atoms with Gasteiger partial charge in [0, 0.05) is 31.1 Å². The molecule has 2 fully saturated rings. The number of carbonyl (C=O) groups excluding carboxylic acids is 2. The van der Waals surface area contributed by atoms with Crippen molar-refractivity contribution in [2.75, 3.05) is 24.7 Å². The molecule has 3 aliphatic heterocycles. The summed E-state index contributed by atoms with van der Waals surface area (Å²) in [5, 5.41) is 12.3. The number of piperidine rings is 1. The zero-order valence-corrected chi connectivity index (χ0v) is 22.9. The van der Waals surface area contributed by atoms with E-state index in [4.69, 9.17) is 9.47 Å². The minimum absolute atomic E-state index is 0.00548. The third-order valence-electron chi connectivity index (χ3n) is 8.42. The maximum atomic E-state index is 13.8. The van der Waals surface area contributed by atoms with Gasteiger partial charge in [-0.25, -0.2) is 0 Å². The molecule has 0 saturated carbocycles. The van der Waals surface area contributed by atoms with E-state index in [9.17, 15) is 14.7 Å². The molecule has 8 nitrogen and oxygen atoms in total. The second-order valence-corrected chi connectivity index (χ2v) is 10.9. The van der Waals surface area contributed by atoms with Gasteiger partial charge in [-0.1, -0.05) is 72.8 Å². The molecule has 41 heavy (non-hydrogen) atoms. The third kappa shape index (κ3) is 5.58. The SMILES string of the molecule is O=C(C1=CC(c2ccccc2)CC(OCc2ccc(CO)cc2)O1)N1CCC2(CC1)C(=O)NCN2c1ccccc1. The number of aliphatic hydroxyl groups excluding tert-OH is 1. The highest BCUT2D eigenvalue weighted by Crippen LogP contribution is 2.38. The van der Waals surface area contributed by atoms with Crippen molar-refractivity contribution in [2.45, 2.75) is 50.2 Å². The number of nitrogens with zero attached hydrogens (tertiary/aromatic N) is 2. The summed E-state index contributed by atoms with van der Waals surface area (Å²) in [6.07, 6.45) is 2.99. The van der Waals surface area contributed by atoms with Crippen LogP contribution in [0, 0.1) is 0 Å². The normalized spacial score (nSPS) is 21.8. The van der Waals surface area contributed by atoms with Crippen LogP contribution in [-0.4, -0.2) is 53.4 Å². The second-order valence-electron chi connectivity index (χ2n) is 10.9. The fourth-order valence-corrected chi connectivity index (χ4v) is 6.04. The Morgan fingerprint density at radius 1 is 0.951 bits per heavy atom. The van der Waals surface area contributed by atoms with Gasteiger partial charge in [-0.3, -0.25) is 9.59 Å². The number of amides is 2. The van der Waals surface area contributed by atoms with Crippen LogP contribution in [-0.2, 0) is 32.3 Å². The number of hydrogen-bond donors (Lipinski definition) is 2. The molecule has 3 aromatic carbocycles. The Bertz CT molecular complexity index is 1390. The number of hydrogen-bond acceptors (Lipinski definition) is 6. The Morgan fingerprint density at radius 2 is 1.61 bits per heavy atom. The van der Waals surface area contributed by atoms with Gasteiger partial charge >= 0.3 is 0 Å². The lowest BCUT2D eigenvalue weighted by molar-refractivity contribution is -0.157. The van der Waals surface area contributed by atoms with E-state index in [0.29, 0.717) is 45.6 Å². The van der Waals surface area contributed by atoms with Crippen molar-refractivity contribution >= 4 is 17.5 Å². The standard InChI is InChI=1S/C33H35N3O5/c37-21-24-11-13-25(14-12-24)22-40-30-20-27(26-7-3-1-4-8-26)19-29(41-30)31(38)35-17-15-33(16-18-35)32(39)34-23-36(33)28-9-5-2-6-10-28/h1-14,19,27,30,37H,15-18,20-23H2,(H,34,39). The van der Waals surface area contributed by atoms with Crippen LogP contribution in [0.4, 0.5) is 5.69 Å². The van der Waals surface area contributed by atoms with Crippen molar-refractivity contribution in [3.05, 3.63) is 113 Å². The van der Waals surface area contributed by atoms with Crippen LogP contribution in [0.1, 0.15) is 41.9 Å². The Labute approximate surface area is 240 Å². The molecular formula is C33H35N3O5. The van der Waals surface area contributed by atoms with Gasteiger partial charge in [-0.2, -0.15) is 0 Å². The first-order valence-corrected chi connectivity index (χ1v) is 14.2. The molecule has 212 valence electrons. The average molecular weight is 554 g/mol. The number of anilines is 1. The lowest BCUT2D eigenvalue weighted by Gasteiger charge is -2.43. The topological polar surface area (TPSA) is 91.3 Å². The zero-order chi connectivity index (χ0) is 28.2. The third-order valence-corrected chi connectivity index (χ3v) is 8.42. The van der Waals surface area contributed by atoms with Gasteiger partial charge in [0.1, 0.15) is 5.54 Å². The number of carbonyl (C=O) groups is 2. The minimum Gasteiger partial charge on any atom is -0.459 e. The fourth-order valence-electron chi connectivity index (χ4n) is 6.04. The first kappa shape index (κ1) is 27.1. The number of allylic oxidation sites excluding steroid dienone is 1. The van der Waals surface area contributed by atoms with Gasteiger partial charge < -0.3 is 29.7 Å². The molecule has 0 radical (unpaired) electrons. The van der Waals surface area contributed by atoms with Crippen LogP contribution < -0.4 is 10.2 Å². The lowest BCUT2D eigenvalue weighted by Crippen LogP contribution is -2.57. The molecule has 2 N–H and O–H groups in total. The molecule has 2 unspecified atom stereocenters. The maximum Gasteiger partial charge on any atom is 0.288 e. The molecule has 3 heterocycles. The number of ether oxygens (including phenoxy) is 2. The summed E-state index contributed by atoms with van der Waals surface area (Å²) >= 11 is 0. The highest BCUT2D eigenvalue weighted by Gasteiger charge is 2.51. The van der Waals surface area contributed by atoms with Gasteiger partial charge in [0.2, 0.25) is 12.2 Å². The molecule has 1 spiro atoms. The van der Waals surface area contributed by atoms with Crippen LogP contribution in [0.25, 0.3) is 0 Å². The van der Waals surface area contributed by atoms with E-state index in [1.165, 1.54) is 0 Å². The highest BCUT2D eigenvalue weighted by molar-refractivity contribution is 5.95. The maximum absolute atomic E-state index is 13.8. The van der Waals surface area contributed by atoms with Gasteiger partial charge in [0.25, 0.3) is 5.91 Å². The number of para-hydroxylation sites is 1. The van der Waals surface area contributed by atoms with E-state index in [-0.39, 0.29) is 30.1 Å². The van der Waals surface area contributed by atoms with E-state index in [2.05, 4.69) is 22.3 Å². The number of aliphatic hydroxyl groups is 1. The molecule has 2 amide bonds. The Balaban J connectivity index is 1.16. The van der Waals surface area contributed by atoms with Crippen molar-refractivity contribution in [1.82, 2.24) is 10.2 Å². The van der Waals surface area contributed by atoms with E-state index in [1.807, 2.05) is 78.9 Å². The summed E-state index contributed by atoms with van der Waals surface area (Å²) in [6, 6.07) is 27.6. The Kier molecular flexibility index (Phi) is 7.76. The van der Waals surface area contributed by atoms with Crippen LogP contribution in [0.15, 0.2) is 96.8 Å². The summed E-state index contributed by atoms with van der Waals surface area (Å²) in [5.41, 5.74) is 3.24. The van der Waals surface area contributed by atoms with Crippen LogP contribution >= 0.6 is 0 Å². The number of likely N-dealkylation sites (tertiary alicyclic amines) is 1. The molecule has 6 rings (SSSR count). The van der Waals surface area contributed by atoms with Crippen LogP contribution in [0.2, 0.25) is 0 Å².